The van der Waals surface area contributed by atoms with Gasteiger partial charge in [0.25, 0.3) is 0 Å². The standard InChI is InChI=1S/C13H20N2O4/c16-11(7-9-3-1-2-4-9)15-6-5-14-13(19)10(15)8-12(17)18/h9-10H,1-8H2,(H,14,19)(H,17,18). The molecule has 1 aliphatic heterocycles. The molecular weight excluding hydrogens is 248 g/mol. The van der Waals surface area contributed by atoms with Gasteiger partial charge in [0, 0.05) is 19.5 Å². The maximum absolute atomic E-state index is 12.2. The Morgan fingerprint density at radius 2 is 1.95 bits per heavy atom. The average Bonchev–Trinajstić information content (AvgIpc) is 2.84. The predicted octanol–water partition coefficient (Wildman–Crippen LogP) is 0.368. The van der Waals surface area contributed by atoms with Gasteiger partial charge in [-0.25, -0.2) is 0 Å². The number of nitrogens with zero attached hydrogens (tertiary/aromatic N) is 1. The Hall–Kier alpha value is -1.59. The van der Waals surface area contributed by atoms with Gasteiger partial charge in [-0.2, -0.15) is 0 Å². The summed E-state index contributed by atoms with van der Waals surface area (Å²) in [6.45, 7) is 0.820. The zero-order chi connectivity index (χ0) is 13.8. The van der Waals surface area contributed by atoms with E-state index in [4.69, 9.17) is 5.11 Å². The molecule has 0 spiro atoms. The van der Waals surface area contributed by atoms with E-state index in [1.807, 2.05) is 0 Å². The quantitative estimate of drug-likeness (QED) is 0.771. The topological polar surface area (TPSA) is 86.7 Å². The molecule has 0 bridgehead atoms. The molecule has 2 rings (SSSR count). The van der Waals surface area contributed by atoms with Crippen LogP contribution in [-0.4, -0.2) is 46.9 Å². The lowest BCUT2D eigenvalue weighted by molar-refractivity contribution is -0.149. The molecule has 1 aliphatic carbocycles. The summed E-state index contributed by atoms with van der Waals surface area (Å²) in [6.07, 6.45) is 4.59. The number of carbonyl (C=O) groups excluding carboxylic acids is 2. The largest absolute Gasteiger partial charge is 0.481 e. The summed E-state index contributed by atoms with van der Waals surface area (Å²) in [5.41, 5.74) is 0. The van der Waals surface area contributed by atoms with Gasteiger partial charge in [0.15, 0.2) is 0 Å². The van der Waals surface area contributed by atoms with Crippen LogP contribution in [0.4, 0.5) is 0 Å². The highest BCUT2D eigenvalue weighted by Crippen LogP contribution is 2.28. The number of carboxylic acids is 1. The molecule has 0 aromatic rings. The minimum atomic E-state index is -1.05. The van der Waals surface area contributed by atoms with E-state index in [9.17, 15) is 14.4 Å². The first-order valence-corrected chi connectivity index (χ1v) is 6.87. The maximum atomic E-state index is 12.2. The summed E-state index contributed by atoms with van der Waals surface area (Å²) < 4.78 is 0. The van der Waals surface area contributed by atoms with Crippen LogP contribution in [-0.2, 0) is 14.4 Å². The summed E-state index contributed by atoms with van der Waals surface area (Å²) >= 11 is 0. The Bertz CT molecular complexity index is 377. The van der Waals surface area contributed by atoms with Gasteiger partial charge in [-0.15, -0.1) is 0 Å². The van der Waals surface area contributed by atoms with E-state index >= 15 is 0 Å². The molecule has 1 unspecified atom stereocenters. The summed E-state index contributed by atoms with van der Waals surface area (Å²) in [6, 6.07) is -0.847. The van der Waals surface area contributed by atoms with E-state index in [1.165, 1.54) is 4.90 Å². The fourth-order valence-electron chi connectivity index (χ4n) is 2.96. The van der Waals surface area contributed by atoms with Gasteiger partial charge in [-0.3, -0.25) is 14.4 Å². The second-order valence-electron chi connectivity index (χ2n) is 5.35. The number of carboxylic acid groups (broad SMARTS) is 1. The van der Waals surface area contributed by atoms with Gasteiger partial charge < -0.3 is 15.3 Å². The summed E-state index contributed by atoms with van der Waals surface area (Å²) in [5.74, 6) is -1.08. The molecule has 6 heteroatoms. The number of piperazine rings is 1. The Balaban J connectivity index is 1.99. The van der Waals surface area contributed by atoms with Crippen molar-refractivity contribution in [3.63, 3.8) is 0 Å². The third kappa shape index (κ3) is 3.45. The van der Waals surface area contributed by atoms with Crippen molar-refractivity contribution in [1.82, 2.24) is 10.2 Å². The van der Waals surface area contributed by atoms with Gasteiger partial charge in [0.2, 0.25) is 11.8 Å². The van der Waals surface area contributed by atoms with Crippen LogP contribution in [0.15, 0.2) is 0 Å². The lowest BCUT2D eigenvalue weighted by Crippen LogP contribution is -2.58. The lowest BCUT2D eigenvalue weighted by atomic mass is 10.0. The van der Waals surface area contributed by atoms with Crippen molar-refractivity contribution in [2.75, 3.05) is 13.1 Å². The molecule has 6 nitrogen and oxygen atoms in total. The number of carbonyl (C=O) groups is 3. The van der Waals surface area contributed by atoms with Crippen LogP contribution in [0.2, 0.25) is 0 Å². The molecule has 0 aromatic heterocycles. The summed E-state index contributed by atoms with van der Waals surface area (Å²) in [7, 11) is 0. The number of amides is 2. The number of hydrogen-bond donors (Lipinski definition) is 2. The second kappa shape index (κ2) is 6.04. The van der Waals surface area contributed by atoms with Crippen LogP contribution in [0.1, 0.15) is 38.5 Å². The first kappa shape index (κ1) is 13.8. The van der Waals surface area contributed by atoms with Gasteiger partial charge in [0.05, 0.1) is 6.42 Å². The molecule has 1 atom stereocenters. The fraction of sp³-hybridized carbons (Fsp3) is 0.769. The molecule has 0 aromatic carbocycles. The second-order valence-corrected chi connectivity index (χ2v) is 5.35. The first-order valence-electron chi connectivity index (χ1n) is 6.87. The van der Waals surface area contributed by atoms with Crippen LogP contribution in [0.25, 0.3) is 0 Å². The fourth-order valence-corrected chi connectivity index (χ4v) is 2.96. The Morgan fingerprint density at radius 1 is 1.26 bits per heavy atom. The highest BCUT2D eigenvalue weighted by atomic mass is 16.4. The van der Waals surface area contributed by atoms with Crippen LogP contribution in [0, 0.1) is 5.92 Å². The molecule has 2 aliphatic rings. The molecule has 2 amide bonds. The van der Waals surface area contributed by atoms with E-state index in [1.54, 1.807) is 0 Å². The normalized spacial score (nSPS) is 24.3. The first-order chi connectivity index (χ1) is 9.08. The maximum Gasteiger partial charge on any atom is 0.305 e. The molecular formula is C13H20N2O4. The highest BCUT2D eigenvalue weighted by molar-refractivity contribution is 5.91. The van der Waals surface area contributed by atoms with Crippen molar-refractivity contribution in [1.29, 1.82) is 0 Å². The van der Waals surface area contributed by atoms with Crippen molar-refractivity contribution in [3.05, 3.63) is 0 Å². The third-order valence-electron chi connectivity index (χ3n) is 3.96. The Morgan fingerprint density at radius 3 is 2.58 bits per heavy atom. The van der Waals surface area contributed by atoms with Gasteiger partial charge in [0.1, 0.15) is 6.04 Å². The summed E-state index contributed by atoms with van der Waals surface area (Å²) in [4.78, 5) is 36.2. The molecule has 1 saturated carbocycles. The zero-order valence-corrected chi connectivity index (χ0v) is 10.9. The number of aliphatic carboxylic acids is 1. The number of nitrogens with one attached hydrogen (secondary N) is 1. The van der Waals surface area contributed by atoms with Gasteiger partial charge in [-0.05, 0) is 18.8 Å². The van der Waals surface area contributed by atoms with Crippen molar-refractivity contribution < 1.29 is 19.5 Å². The molecule has 2 N–H and O–H groups in total. The molecule has 0 radical (unpaired) electrons. The van der Waals surface area contributed by atoms with E-state index in [2.05, 4.69) is 5.32 Å². The Labute approximate surface area is 112 Å². The molecule has 106 valence electrons. The van der Waals surface area contributed by atoms with Crippen LogP contribution in [0.3, 0.4) is 0 Å². The number of hydrogen-bond acceptors (Lipinski definition) is 3. The monoisotopic (exact) mass is 268 g/mol. The minimum Gasteiger partial charge on any atom is -0.481 e. The van der Waals surface area contributed by atoms with E-state index in [-0.39, 0.29) is 18.2 Å². The van der Waals surface area contributed by atoms with E-state index < -0.39 is 12.0 Å². The molecule has 1 saturated heterocycles. The summed E-state index contributed by atoms with van der Waals surface area (Å²) in [5, 5.41) is 11.5. The van der Waals surface area contributed by atoms with Crippen LogP contribution >= 0.6 is 0 Å². The Kier molecular flexibility index (Phi) is 4.39. The van der Waals surface area contributed by atoms with Gasteiger partial charge in [-0.1, -0.05) is 12.8 Å². The highest BCUT2D eigenvalue weighted by Gasteiger charge is 2.35. The lowest BCUT2D eigenvalue weighted by Gasteiger charge is -2.34. The zero-order valence-electron chi connectivity index (χ0n) is 10.9. The molecule has 1 heterocycles. The SMILES string of the molecule is O=C(O)CC1C(=O)NCCN1C(=O)CC1CCCC1. The average molecular weight is 268 g/mol. The predicted molar refractivity (Wildman–Crippen MR) is 67.3 cm³/mol. The van der Waals surface area contributed by atoms with Crippen LogP contribution < -0.4 is 5.32 Å². The number of rotatable bonds is 4. The van der Waals surface area contributed by atoms with Gasteiger partial charge >= 0.3 is 5.97 Å². The smallest absolute Gasteiger partial charge is 0.305 e. The van der Waals surface area contributed by atoms with Crippen molar-refractivity contribution in [3.8, 4) is 0 Å². The molecule has 19 heavy (non-hydrogen) atoms. The van der Waals surface area contributed by atoms with Crippen molar-refractivity contribution in [2.45, 2.75) is 44.6 Å². The minimum absolute atomic E-state index is 0.0759. The van der Waals surface area contributed by atoms with E-state index in [0.717, 1.165) is 25.7 Å². The van der Waals surface area contributed by atoms with Crippen molar-refractivity contribution in [2.24, 2.45) is 5.92 Å². The molecule has 2 fully saturated rings. The van der Waals surface area contributed by atoms with Crippen LogP contribution in [0.5, 0.6) is 0 Å². The van der Waals surface area contributed by atoms with E-state index in [0.29, 0.717) is 25.4 Å². The third-order valence-corrected chi connectivity index (χ3v) is 3.96. The van der Waals surface area contributed by atoms with Crippen molar-refractivity contribution >= 4 is 17.8 Å².